The van der Waals surface area contributed by atoms with Crippen LogP contribution >= 0.6 is 11.6 Å². The number of Topliss-reactive ketones (excluding diaryl/α,β-unsaturated/α-hetero) is 1. The Morgan fingerprint density at radius 3 is 2.45 bits per heavy atom. The van der Waals surface area contributed by atoms with Gasteiger partial charge in [0.2, 0.25) is 0 Å². The van der Waals surface area contributed by atoms with Crippen LogP contribution in [0.2, 0.25) is 5.02 Å². The highest BCUT2D eigenvalue weighted by atomic mass is 35.5. The lowest BCUT2D eigenvalue weighted by Gasteiger charge is -2.17. The van der Waals surface area contributed by atoms with Crippen molar-refractivity contribution in [2.24, 2.45) is 0 Å². The monoisotopic (exact) mass is 460 g/mol. The molecular formula is C26H21ClN2O4. The van der Waals surface area contributed by atoms with Gasteiger partial charge >= 0.3 is 5.97 Å². The van der Waals surface area contributed by atoms with E-state index in [1.807, 2.05) is 12.1 Å². The van der Waals surface area contributed by atoms with Gasteiger partial charge in [0.25, 0.3) is 5.56 Å². The summed E-state index contributed by atoms with van der Waals surface area (Å²) in [5, 5.41) is 19.3. The summed E-state index contributed by atoms with van der Waals surface area (Å²) in [6, 6.07) is 14.4. The lowest BCUT2D eigenvalue weighted by atomic mass is 9.94. The molecule has 166 valence electrons. The molecule has 6 nitrogen and oxygen atoms in total. The Labute approximate surface area is 195 Å². The summed E-state index contributed by atoms with van der Waals surface area (Å²) < 4.78 is 1.28. The largest absolute Gasteiger partial charge is 0.478 e. The summed E-state index contributed by atoms with van der Waals surface area (Å²) in [5.74, 6) is -0.862. The highest BCUT2D eigenvalue weighted by Gasteiger charge is 2.28. The number of nitrogens with zero attached hydrogens (tertiary/aromatic N) is 2. The number of carboxylic acids is 1. The van der Waals surface area contributed by atoms with Gasteiger partial charge in [0.1, 0.15) is 6.07 Å². The van der Waals surface area contributed by atoms with Crippen molar-refractivity contribution >= 4 is 23.4 Å². The van der Waals surface area contributed by atoms with Gasteiger partial charge in [-0.05, 0) is 66.6 Å². The molecule has 1 aliphatic rings. The molecule has 7 heteroatoms. The number of nitriles is 1. The van der Waals surface area contributed by atoms with Crippen LogP contribution in [0, 0.1) is 11.3 Å². The summed E-state index contributed by atoms with van der Waals surface area (Å²) in [6.45, 7) is 1.62. The van der Waals surface area contributed by atoms with E-state index in [0.29, 0.717) is 27.6 Å². The predicted molar refractivity (Wildman–Crippen MR) is 125 cm³/mol. The lowest BCUT2D eigenvalue weighted by molar-refractivity contribution is -0.121. The van der Waals surface area contributed by atoms with Crippen molar-refractivity contribution in [2.45, 2.75) is 38.1 Å². The van der Waals surface area contributed by atoms with Crippen molar-refractivity contribution in [1.29, 1.82) is 5.26 Å². The molecular weight excluding hydrogens is 440 g/mol. The molecule has 33 heavy (non-hydrogen) atoms. The highest BCUT2D eigenvalue weighted by Crippen LogP contribution is 2.45. The fourth-order valence-corrected chi connectivity index (χ4v) is 4.12. The van der Waals surface area contributed by atoms with Crippen LogP contribution in [-0.4, -0.2) is 21.4 Å². The molecule has 4 rings (SSSR count). The standard InChI is InChI=1S/C26H21ClN2O4/c1-15(24(30)10-16-2-4-18(5-3-16)26(32)33)29-14-19(13-28)22(12-25(29)31)23-11-20(27)8-9-21(23)17-6-7-17/h2-5,8-9,11-12,14-15,17H,6-7,10H2,1H3,(H,32,33). The van der Waals surface area contributed by atoms with Gasteiger partial charge in [0, 0.05) is 29.3 Å². The zero-order valence-corrected chi connectivity index (χ0v) is 18.7. The van der Waals surface area contributed by atoms with E-state index in [-0.39, 0.29) is 23.3 Å². The number of ketones is 1. The van der Waals surface area contributed by atoms with Crippen LogP contribution in [0.5, 0.6) is 0 Å². The van der Waals surface area contributed by atoms with Crippen molar-refractivity contribution in [1.82, 2.24) is 4.57 Å². The zero-order chi connectivity index (χ0) is 23.7. The first-order valence-corrected chi connectivity index (χ1v) is 11.0. The molecule has 1 atom stereocenters. The van der Waals surface area contributed by atoms with Crippen molar-refractivity contribution < 1.29 is 14.7 Å². The second-order valence-electron chi connectivity index (χ2n) is 8.29. The first kappa shape index (κ1) is 22.5. The van der Waals surface area contributed by atoms with Gasteiger partial charge in [-0.2, -0.15) is 5.26 Å². The van der Waals surface area contributed by atoms with Crippen LogP contribution in [0.4, 0.5) is 0 Å². The Morgan fingerprint density at radius 1 is 1.15 bits per heavy atom. The molecule has 0 bridgehead atoms. The Bertz CT molecular complexity index is 1350. The smallest absolute Gasteiger partial charge is 0.335 e. The number of hydrogen-bond donors (Lipinski definition) is 1. The van der Waals surface area contributed by atoms with Crippen molar-refractivity contribution in [2.75, 3.05) is 0 Å². The van der Waals surface area contributed by atoms with E-state index in [2.05, 4.69) is 6.07 Å². The van der Waals surface area contributed by atoms with Gasteiger partial charge in [-0.1, -0.05) is 29.8 Å². The van der Waals surface area contributed by atoms with Crippen LogP contribution in [0.3, 0.4) is 0 Å². The number of carbonyl (C=O) groups is 2. The minimum Gasteiger partial charge on any atom is -0.478 e. The van der Waals surface area contributed by atoms with Crippen LogP contribution in [0.15, 0.2) is 59.5 Å². The number of hydrogen-bond acceptors (Lipinski definition) is 4. The summed E-state index contributed by atoms with van der Waals surface area (Å²) >= 11 is 6.21. The number of aromatic nitrogens is 1. The van der Waals surface area contributed by atoms with Crippen molar-refractivity contribution in [3.8, 4) is 17.2 Å². The Morgan fingerprint density at radius 2 is 1.85 bits per heavy atom. The first-order chi connectivity index (χ1) is 15.8. The SMILES string of the molecule is CC(C(=O)Cc1ccc(C(=O)O)cc1)n1cc(C#N)c(-c2cc(Cl)ccc2C2CC2)cc1=O. The van der Waals surface area contributed by atoms with Gasteiger partial charge in [-0.25, -0.2) is 4.79 Å². The number of pyridine rings is 1. The van der Waals surface area contributed by atoms with Crippen molar-refractivity contribution in [3.63, 3.8) is 0 Å². The third-order valence-corrected chi connectivity index (χ3v) is 6.22. The number of rotatable bonds is 7. The van der Waals surface area contributed by atoms with E-state index in [9.17, 15) is 19.6 Å². The van der Waals surface area contributed by atoms with E-state index < -0.39 is 12.0 Å². The molecule has 1 N–H and O–H groups in total. The molecule has 0 aliphatic heterocycles. The molecule has 0 saturated heterocycles. The summed E-state index contributed by atoms with van der Waals surface area (Å²) in [6.07, 6.45) is 3.60. The molecule has 0 radical (unpaired) electrons. The fraction of sp³-hybridized carbons (Fsp3) is 0.231. The molecule has 1 saturated carbocycles. The molecule has 1 fully saturated rings. The first-order valence-electron chi connectivity index (χ1n) is 10.6. The minimum atomic E-state index is -1.04. The van der Waals surface area contributed by atoms with E-state index >= 15 is 0 Å². The topological polar surface area (TPSA) is 100 Å². The number of aromatic carboxylic acids is 1. The molecule has 1 aliphatic carbocycles. The van der Waals surface area contributed by atoms with Crippen LogP contribution in [0.1, 0.15) is 58.8 Å². The van der Waals surface area contributed by atoms with E-state index in [1.54, 1.807) is 25.1 Å². The number of carboxylic acid groups (broad SMARTS) is 1. The molecule has 2 aromatic carbocycles. The van der Waals surface area contributed by atoms with Gasteiger partial charge in [0.15, 0.2) is 5.78 Å². The Hall–Kier alpha value is -3.69. The maximum absolute atomic E-state index is 13.0. The third kappa shape index (κ3) is 4.74. The zero-order valence-electron chi connectivity index (χ0n) is 17.9. The second kappa shape index (κ2) is 9.05. The molecule has 1 unspecified atom stereocenters. The molecule has 3 aromatic rings. The molecule has 1 heterocycles. The van der Waals surface area contributed by atoms with Gasteiger partial charge in [-0.15, -0.1) is 0 Å². The van der Waals surface area contributed by atoms with Gasteiger partial charge < -0.3 is 9.67 Å². The maximum atomic E-state index is 13.0. The third-order valence-electron chi connectivity index (χ3n) is 5.99. The Kier molecular flexibility index (Phi) is 6.17. The maximum Gasteiger partial charge on any atom is 0.335 e. The number of carbonyl (C=O) groups excluding carboxylic acids is 1. The normalized spacial score (nSPS) is 13.8. The van der Waals surface area contributed by atoms with E-state index in [1.165, 1.54) is 29.0 Å². The number of benzene rings is 2. The molecule has 1 aromatic heterocycles. The summed E-state index contributed by atoms with van der Waals surface area (Å²) in [5.41, 5.74) is 3.07. The quantitative estimate of drug-likeness (QED) is 0.535. The van der Waals surface area contributed by atoms with Gasteiger partial charge in [-0.3, -0.25) is 9.59 Å². The highest BCUT2D eigenvalue weighted by molar-refractivity contribution is 6.30. The second-order valence-corrected chi connectivity index (χ2v) is 8.72. The average molecular weight is 461 g/mol. The predicted octanol–water partition coefficient (Wildman–Crippen LogP) is 4.99. The minimum absolute atomic E-state index is 0.0390. The van der Waals surface area contributed by atoms with E-state index in [0.717, 1.165) is 24.0 Å². The van der Waals surface area contributed by atoms with Crippen LogP contribution in [0.25, 0.3) is 11.1 Å². The van der Waals surface area contributed by atoms with Gasteiger partial charge in [0.05, 0.1) is 17.2 Å². The van der Waals surface area contributed by atoms with Crippen LogP contribution in [-0.2, 0) is 11.2 Å². The number of halogens is 1. The lowest BCUT2D eigenvalue weighted by Crippen LogP contribution is -2.29. The molecule has 0 spiro atoms. The fourth-order valence-electron chi connectivity index (χ4n) is 3.94. The van der Waals surface area contributed by atoms with E-state index in [4.69, 9.17) is 16.7 Å². The molecule has 0 amide bonds. The Balaban J connectivity index is 1.65. The van der Waals surface area contributed by atoms with Crippen LogP contribution < -0.4 is 5.56 Å². The average Bonchev–Trinajstić information content (AvgIpc) is 3.64. The summed E-state index contributed by atoms with van der Waals surface area (Å²) in [7, 11) is 0. The summed E-state index contributed by atoms with van der Waals surface area (Å²) in [4.78, 5) is 36.8. The van der Waals surface area contributed by atoms with Crippen molar-refractivity contribution in [3.05, 3.63) is 92.4 Å².